The fourth-order valence-corrected chi connectivity index (χ4v) is 2.39. The van der Waals surface area contributed by atoms with Crippen LogP contribution < -0.4 is 0 Å². The van der Waals surface area contributed by atoms with Crippen molar-refractivity contribution in [2.24, 2.45) is 0 Å². The maximum atomic E-state index is 10.2. The van der Waals surface area contributed by atoms with Gasteiger partial charge in [-0.1, -0.05) is 53.5 Å². The van der Waals surface area contributed by atoms with Crippen LogP contribution in [0, 0.1) is 6.92 Å². The molecule has 0 saturated heterocycles. The van der Waals surface area contributed by atoms with E-state index < -0.39 is 6.10 Å². The molecule has 2 rings (SSSR count). The summed E-state index contributed by atoms with van der Waals surface area (Å²) in [5.41, 5.74) is 2.73. The molecule has 0 bridgehead atoms. The second-order valence-electron chi connectivity index (χ2n) is 4.33. The first-order valence-electron chi connectivity index (χ1n) is 5.75. The number of rotatable bonds is 3. The number of hydrogen-bond donors (Lipinski definition) is 1. The molecule has 0 fully saturated rings. The van der Waals surface area contributed by atoms with Crippen LogP contribution in [-0.2, 0) is 6.42 Å². The van der Waals surface area contributed by atoms with Crippen LogP contribution in [0.1, 0.15) is 22.8 Å². The number of aliphatic hydroxyl groups is 1. The van der Waals surface area contributed by atoms with Gasteiger partial charge in [0.1, 0.15) is 0 Å². The van der Waals surface area contributed by atoms with E-state index >= 15 is 0 Å². The Bertz CT molecular complexity index is 552. The molecular formula is C15H14Cl2O. The highest BCUT2D eigenvalue weighted by atomic mass is 35.5. The Morgan fingerprint density at radius 1 is 1.11 bits per heavy atom. The molecule has 0 aliphatic carbocycles. The fraction of sp³-hybridized carbons (Fsp3) is 0.200. The van der Waals surface area contributed by atoms with Gasteiger partial charge in [-0.3, -0.25) is 0 Å². The van der Waals surface area contributed by atoms with Crippen LogP contribution in [0.3, 0.4) is 0 Å². The molecule has 0 saturated carbocycles. The Hall–Kier alpha value is -1.02. The van der Waals surface area contributed by atoms with E-state index in [9.17, 15) is 5.11 Å². The molecule has 0 aliphatic rings. The molecule has 3 heteroatoms. The summed E-state index contributed by atoms with van der Waals surface area (Å²) in [5.74, 6) is 0. The molecule has 2 aromatic rings. The van der Waals surface area contributed by atoms with Crippen LogP contribution in [0.15, 0.2) is 42.5 Å². The van der Waals surface area contributed by atoms with Crippen molar-refractivity contribution in [3.05, 3.63) is 69.2 Å². The monoisotopic (exact) mass is 280 g/mol. The molecule has 0 aromatic heterocycles. The molecule has 0 radical (unpaired) electrons. The smallest absolute Gasteiger partial charge is 0.0844 e. The van der Waals surface area contributed by atoms with Crippen molar-refractivity contribution in [2.45, 2.75) is 19.4 Å². The van der Waals surface area contributed by atoms with E-state index in [0.29, 0.717) is 16.5 Å². The van der Waals surface area contributed by atoms with Crippen molar-refractivity contribution >= 4 is 23.2 Å². The van der Waals surface area contributed by atoms with Gasteiger partial charge >= 0.3 is 0 Å². The molecule has 94 valence electrons. The summed E-state index contributed by atoms with van der Waals surface area (Å²) in [6.45, 7) is 1.93. The predicted molar refractivity (Wildman–Crippen MR) is 76.3 cm³/mol. The lowest BCUT2D eigenvalue weighted by molar-refractivity contribution is 0.178. The first-order chi connectivity index (χ1) is 8.58. The van der Waals surface area contributed by atoms with E-state index in [1.807, 2.05) is 49.4 Å². The number of hydrogen-bond acceptors (Lipinski definition) is 1. The highest BCUT2D eigenvalue weighted by Crippen LogP contribution is 2.28. The Balaban J connectivity index is 2.22. The summed E-state index contributed by atoms with van der Waals surface area (Å²) in [6.07, 6.45) is -0.111. The van der Waals surface area contributed by atoms with Crippen LogP contribution in [-0.4, -0.2) is 5.11 Å². The van der Waals surface area contributed by atoms with Gasteiger partial charge in [-0.15, -0.1) is 0 Å². The highest BCUT2D eigenvalue weighted by molar-refractivity contribution is 6.32. The minimum Gasteiger partial charge on any atom is -0.388 e. The van der Waals surface area contributed by atoms with E-state index in [4.69, 9.17) is 23.2 Å². The van der Waals surface area contributed by atoms with Crippen LogP contribution >= 0.6 is 23.2 Å². The van der Waals surface area contributed by atoms with Crippen LogP contribution in [0.5, 0.6) is 0 Å². The lowest BCUT2D eigenvalue weighted by Crippen LogP contribution is -2.03. The second kappa shape index (κ2) is 5.75. The summed E-state index contributed by atoms with van der Waals surface area (Å²) >= 11 is 12.1. The van der Waals surface area contributed by atoms with E-state index in [2.05, 4.69) is 0 Å². The van der Waals surface area contributed by atoms with Gasteiger partial charge in [-0.05, 0) is 35.7 Å². The molecule has 0 spiro atoms. The Labute approximate surface area is 117 Å². The zero-order valence-corrected chi connectivity index (χ0v) is 11.5. The lowest BCUT2D eigenvalue weighted by atomic mass is 10.00. The summed E-state index contributed by atoms with van der Waals surface area (Å²) in [7, 11) is 0. The predicted octanol–water partition coefficient (Wildman–Crippen LogP) is 4.58. The SMILES string of the molecule is Cc1cccc(C(O)Cc2cccc(Cl)c2)c1Cl. The normalized spacial score (nSPS) is 12.4. The van der Waals surface area contributed by atoms with Gasteiger partial charge in [-0.25, -0.2) is 0 Å². The first-order valence-corrected chi connectivity index (χ1v) is 6.51. The van der Waals surface area contributed by atoms with Gasteiger partial charge in [0.2, 0.25) is 0 Å². The van der Waals surface area contributed by atoms with Gasteiger partial charge in [-0.2, -0.15) is 0 Å². The molecule has 1 atom stereocenters. The minimum absolute atomic E-state index is 0.504. The third-order valence-electron chi connectivity index (χ3n) is 2.90. The maximum Gasteiger partial charge on any atom is 0.0844 e. The van der Waals surface area contributed by atoms with Crippen molar-refractivity contribution in [1.29, 1.82) is 0 Å². The molecular weight excluding hydrogens is 267 g/mol. The molecule has 0 amide bonds. The minimum atomic E-state index is -0.615. The largest absolute Gasteiger partial charge is 0.388 e. The van der Waals surface area contributed by atoms with Crippen LogP contribution in [0.25, 0.3) is 0 Å². The third kappa shape index (κ3) is 3.05. The quantitative estimate of drug-likeness (QED) is 0.873. The number of aliphatic hydroxyl groups excluding tert-OH is 1. The van der Waals surface area contributed by atoms with Gasteiger partial charge in [0.15, 0.2) is 0 Å². The molecule has 1 unspecified atom stereocenters. The maximum absolute atomic E-state index is 10.2. The average Bonchev–Trinajstić information content (AvgIpc) is 2.32. The summed E-state index contributed by atoms with van der Waals surface area (Å²) in [5, 5.41) is 11.6. The molecule has 0 aliphatic heterocycles. The fourth-order valence-electron chi connectivity index (χ4n) is 1.92. The lowest BCUT2D eigenvalue weighted by Gasteiger charge is -2.14. The van der Waals surface area contributed by atoms with Gasteiger partial charge in [0.25, 0.3) is 0 Å². The zero-order chi connectivity index (χ0) is 13.1. The topological polar surface area (TPSA) is 20.2 Å². The van der Waals surface area contributed by atoms with Crippen molar-refractivity contribution in [2.75, 3.05) is 0 Å². The van der Waals surface area contributed by atoms with E-state index in [-0.39, 0.29) is 0 Å². The summed E-state index contributed by atoms with van der Waals surface area (Å²) in [4.78, 5) is 0. The third-order valence-corrected chi connectivity index (χ3v) is 3.65. The van der Waals surface area contributed by atoms with Crippen molar-refractivity contribution in [1.82, 2.24) is 0 Å². The van der Waals surface area contributed by atoms with Gasteiger partial charge < -0.3 is 5.11 Å². The van der Waals surface area contributed by atoms with Gasteiger partial charge in [0.05, 0.1) is 6.10 Å². The summed E-state index contributed by atoms with van der Waals surface area (Å²) < 4.78 is 0. The summed E-state index contributed by atoms with van der Waals surface area (Å²) in [6, 6.07) is 13.2. The van der Waals surface area contributed by atoms with Gasteiger partial charge in [0, 0.05) is 16.5 Å². The number of halogens is 2. The van der Waals surface area contributed by atoms with Crippen molar-refractivity contribution in [3.63, 3.8) is 0 Å². The number of aryl methyl sites for hydroxylation is 1. The highest BCUT2D eigenvalue weighted by Gasteiger charge is 2.13. The molecule has 1 N–H and O–H groups in total. The second-order valence-corrected chi connectivity index (χ2v) is 5.14. The van der Waals surface area contributed by atoms with E-state index in [0.717, 1.165) is 16.7 Å². The van der Waals surface area contributed by atoms with Crippen molar-refractivity contribution < 1.29 is 5.11 Å². The molecule has 2 aromatic carbocycles. The van der Waals surface area contributed by atoms with E-state index in [1.54, 1.807) is 0 Å². The molecule has 0 heterocycles. The molecule has 18 heavy (non-hydrogen) atoms. The Kier molecular flexibility index (Phi) is 4.28. The Morgan fingerprint density at radius 3 is 2.56 bits per heavy atom. The average molecular weight is 281 g/mol. The Morgan fingerprint density at radius 2 is 1.83 bits per heavy atom. The van der Waals surface area contributed by atoms with E-state index in [1.165, 1.54) is 0 Å². The zero-order valence-electron chi connectivity index (χ0n) is 10.0. The number of benzene rings is 2. The first kappa shape index (κ1) is 13.4. The van der Waals surface area contributed by atoms with Crippen molar-refractivity contribution in [3.8, 4) is 0 Å². The van der Waals surface area contributed by atoms with Crippen LogP contribution in [0.4, 0.5) is 0 Å². The molecule has 1 nitrogen and oxygen atoms in total. The van der Waals surface area contributed by atoms with Crippen LogP contribution in [0.2, 0.25) is 10.0 Å². The standard InChI is InChI=1S/C15H14Cl2O/c1-10-4-2-7-13(15(10)17)14(18)9-11-5-3-6-12(16)8-11/h2-8,14,18H,9H2,1H3.